The molecule has 1 amide bonds. The molecule has 1 aliphatic heterocycles. The van der Waals surface area contributed by atoms with Gasteiger partial charge in [-0.1, -0.05) is 13.8 Å². The van der Waals surface area contributed by atoms with E-state index in [1.54, 1.807) is 6.92 Å². The second-order valence-corrected chi connectivity index (χ2v) is 5.86. The molecule has 6 heteroatoms. The van der Waals surface area contributed by atoms with Crippen LogP contribution >= 0.6 is 0 Å². The molecule has 1 rings (SSSR count). The Morgan fingerprint density at radius 3 is 2.45 bits per heavy atom. The molecule has 1 saturated heterocycles. The fraction of sp³-hybridized carbons (Fsp3) is 0.857. The van der Waals surface area contributed by atoms with E-state index >= 15 is 0 Å². The molecule has 0 spiro atoms. The van der Waals surface area contributed by atoms with E-state index in [-0.39, 0.29) is 18.2 Å². The predicted molar refractivity (Wildman–Crippen MR) is 75.5 cm³/mol. The second kappa shape index (κ2) is 7.59. The topological polar surface area (TPSA) is 78.9 Å². The Bertz CT molecular complexity index is 340. The van der Waals surface area contributed by atoms with Crippen LogP contribution in [0.25, 0.3) is 0 Å². The molecule has 0 saturated carbocycles. The summed E-state index contributed by atoms with van der Waals surface area (Å²) >= 11 is 0. The molecule has 0 bridgehead atoms. The molecule has 1 fully saturated rings. The number of amides is 1. The molecule has 2 N–H and O–H groups in total. The third-order valence-corrected chi connectivity index (χ3v) is 4.14. The molecule has 1 aliphatic rings. The molecule has 116 valence electrons. The average molecular weight is 286 g/mol. The molecule has 1 atom stereocenters. The Balaban J connectivity index is 2.33. The number of nitrogens with zero attached hydrogens (tertiary/aromatic N) is 1. The maximum atomic E-state index is 11.9. The lowest BCUT2D eigenvalue weighted by Gasteiger charge is -2.29. The van der Waals surface area contributed by atoms with Gasteiger partial charge in [-0.2, -0.15) is 0 Å². The molecular weight excluding hydrogens is 260 g/mol. The van der Waals surface area contributed by atoms with Crippen LogP contribution in [0.3, 0.4) is 0 Å². The first-order valence-corrected chi connectivity index (χ1v) is 7.16. The number of carboxylic acid groups (broad SMARTS) is 1. The Hall–Kier alpha value is -1.14. The van der Waals surface area contributed by atoms with E-state index in [4.69, 9.17) is 4.74 Å². The van der Waals surface area contributed by atoms with Crippen LogP contribution in [-0.2, 0) is 14.3 Å². The fourth-order valence-corrected chi connectivity index (χ4v) is 2.10. The number of morpholine rings is 1. The highest BCUT2D eigenvalue weighted by Gasteiger charge is 2.38. The van der Waals surface area contributed by atoms with Gasteiger partial charge in [0.2, 0.25) is 5.91 Å². The van der Waals surface area contributed by atoms with E-state index in [0.717, 1.165) is 32.8 Å². The zero-order valence-corrected chi connectivity index (χ0v) is 12.6. The lowest BCUT2D eigenvalue weighted by atomic mass is 9.76. The fourth-order valence-electron chi connectivity index (χ4n) is 2.10. The van der Waals surface area contributed by atoms with E-state index in [1.165, 1.54) is 0 Å². The summed E-state index contributed by atoms with van der Waals surface area (Å²) in [5.41, 5.74) is -1.01. The van der Waals surface area contributed by atoms with E-state index in [9.17, 15) is 14.7 Å². The monoisotopic (exact) mass is 286 g/mol. The Kier molecular flexibility index (Phi) is 6.42. The minimum Gasteiger partial charge on any atom is -0.481 e. The van der Waals surface area contributed by atoms with Gasteiger partial charge in [0.15, 0.2) is 0 Å². The van der Waals surface area contributed by atoms with Crippen molar-refractivity contribution in [2.24, 2.45) is 11.3 Å². The van der Waals surface area contributed by atoms with E-state index in [2.05, 4.69) is 10.2 Å². The molecule has 20 heavy (non-hydrogen) atoms. The minimum absolute atomic E-state index is 0.0170. The lowest BCUT2D eigenvalue weighted by molar-refractivity contribution is -0.153. The van der Waals surface area contributed by atoms with Gasteiger partial charge < -0.3 is 15.2 Å². The van der Waals surface area contributed by atoms with Crippen molar-refractivity contribution in [3.8, 4) is 0 Å². The van der Waals surface area contributed by atoms with Crippen LogP contribution in [0.1, 0.15) is 27.2 Å². The van der Waals surface area contributed by atoms with Gasteiger partial charge in [0.05, 0.1) is 18.6 Å². The molecular formula is C14H26N2O4. The number of nitrogens with one attached hydrogen (secondary N) is 1. The molecule has 6 nitrogen and oxygen atoms in total. The largest absolute Gasteiger partial charge is 0.481 e. The zero-order valence-electron chi connectivity index (χ0n) is 12.6. The first-order chi connectivity index (χ1) is 9.36. The van der Waals surface area contributed by atoms with Crippen molar-refractivity contribution in [3.63, 3.8) is 0 Å². The summed E-state index contributed by atoms with van der Waals surface area (Å²) in [4.78, 5) is 25.4. The van der Waals surface area contributed by atoms with Crippen LogP contribution in [0.15, 0.2) is 0 Å². The summed E-state index contributed by atoms with van der Waals surface area (Å²) in [5.74, 6) is -1.21. The van der Waals surface area contributed by atoms with E-state index < -0.39 is 11.4 Å². The summed E-state index contributed by atoms with van der Waals surface area (Å²) in [7, 11) is 0. The van der Waals surface area contributed by atoms with Crippen molar-refractivity contribution in [2.75, 3.05) is 39.4 Å². The predicted octanol–water partition coefficient (Wildman–Crippen LogP) is 0.572. The van der Waals surface area contributed by atoms with Gasteiger partial charge in [0, 0.05) is 32.6 Å². The van der Waals surface area contributed by atoms with Gasteiger partial charge in [-0.15, -0.1) is 0 Å². The number of carbonyl (C=O) groups excluding carboxylic acids is 1. The van der Waals surface area contributed by atoms with Crippen LogP contribution in [0.2, 0.25) is 0 Å². The highest BCUT2D eigenvalue weighted by Crippen LogP contribution is 2.31. The van der Waals surface area contributed by atoms with Crippen molar-refractivity contribution in [1.82, 2.24) is 10.2 Å². The van der Waals surface area contributed by atoms with Gasteiger partial charge in [0.1, 0.15) is 0 Å². The van der Waals surface area contributed by atoms with Gasteiger partial charge in [-0.25, -0.2) is 0 Å². The highest BCUT2D eigenvalue weighted by atomic mass is 16.5. The second-order valence-electron chi connectivity index (χ2n) is 5.86. The third-order valence-electron chi connectivity index (χ3n) is 4.14. The molecule has 0 radical (unpaired) electrons. The number of carboxylic acids is 1. The zero-order chi connectivity index (χ0) is 15.2. The quantitative estimate of drug-likeness (QED) is 0.715. The minimum atomic E-state index is -1.01. The van der Waals surface area contributed by atoms with Crippen LogP contribution < -0.4 is 5.32 Å². The molecule has 0 aromatic heterocycles. The highest BCUT2D eigenvalue weighted by molar-refractivity contribution is 5.84. The Morgan fingerprint density at radius 1 is 1.35 bits per heavy atom. The first kappa shape index (κ1) is 16.9. The van der Waals surface area contributed by atoms with Crippen molar-refractivity contribution >= 4 is 11.9 Å². The average Bonchev–Trinajstić information content (AvgIpc) is 2.39. The van der Waals surface area contributed by atoms with E-state index in [1.807, 2.05) is 13.8 Å². The van der Waals surface area contributed by atoms with Crippen molar-refractivity contribution in [1.29, 1.82) is 0 Å². The van der Waals surface area contributed by atoms with Crippen LogP contribution in [0, 0.1) is 11.3 Å². The van der Waals surface area contributed by atoms with E-state index in [0.29, 0.717) is 6.54 Å². The van der Waals surface area contributed by atoms with Crippen LogP contribution in [-0.4, -0.2) is 61.3 Å². The Morgan fingerprint density at radius 2 is 1.95 bits per heavy atom. The van der Waals surface area contributed by atoms with Gasteiger partial charge in [-0.05, 0) is 12.8 Å². The van der Waals surface area contributed by atoms with Crippen molar-refractivity contribution < 1.29 is 19.4 Å². The summed E-state index contributed by atoms with van der Waals surface area (Å²) in [6, 6.07) is 0. The lowest BCUT2D eigenvalue weighted by Crippen LogP contribution is -2.43. The molecule has 0 aliphatic carbocycles. The normalized spacial score (nSPS) is 19.6. The maximum Gasteiger partial charge on any atom is 0.310 e. The number of rotatable bonds is 7. The number of ether oxygens (including phenoxy) is 1. The number of hydrogen-bond acceptors (Lipinski definition) is 4. The molecule has 1 heterocycles. The van der Waals surface area contributed by atoms with Gasteiger partial charge in [0.25, 0.3) is 0 Å². The smallest absolute Gasteiger partial charge is 0.310 e. The molecule has 0 aromatic rings. The SMILES string of the molecule is CC(C)C(C)(CC(=O)NCCN1CCOCC1)C(=O)O. The number of carbonyl (C=O) groups is 2. The number of aliphatic carboxylic acids is 1. The summed E-state index contributed by atoms with van der Waals surface area (Å²) in [6.07, 6.45) is 0.0170. The van der Waals surface area contributed by atoms with Crippen LogP contribution in [0.4, 0.5) is 0 Å². The first-order valence-electron chi connectivity index (χ1n) is 7.16. The molecule has 0 aromatic carbocycles. The maximum absolute atomic E-state index is 11.9. The van der Waals surface area contributed by atoms with Crippen molar-refractivity contribution in [3.05, 3.63) is 0 Å². The number of hydrogen-bond donors (Lipinski definition) is 2. The van der Waals surface area contributed by atoms with Gasteiger partial charge in [-0.3, -0.25) is 14.5 Å². The van der Waals surface area contributed by atoms with Crippen molar-refractivity contribution in [2.45, 2.75) is 27.2 Å². The van der Waals surface area contributed by atoms with Crippen LogP contribution in [0.5, 0.6) is 0 Å². The summed E-state index contributed by atoms with van der Waals surface area (Å²) in [5, 5.41) is 12.1. The molecule has 1 unspecified atom stereocenters. The summed E-state index contributed by atoms with van der Waals surface area (Å²) in [6.45, 7) is 9.85. The summed E-state index contributed by atoms with van der Waals surface area (Å²) < 4.78 is 5.25. The third kappa shape index (κ3) is 4.76. The van der Waals surface area contributed by atoms with Gasteiger partial charge >= 0.3 is 5.97 Å². The standard InChI is InChI=1S/C14H26N2O4/c1-11(2)14(3,13(18)19)10-12(17)15-4-5-16-6-8-20-9-7-16/h11H,4-10H2,1-3H3,(H,15,17)(H,18,19). The Labute approximate surface area is 120 Å².